The molecule has 7 nitrogen and oxygen atoms in total. The normalized spacial score (nSPS) is 10.3. The molecule has 3 aromatic rings. The summed E-state index contributed by atoms with van der Waals surface area (Å²) in [5.41, 5.74) is 0.867. The number of hydrogen-bond donors (Lipinski definition) is 1. The van der Waals surface area contributed by atoms with Crippen molar-refractivity contribution in [1.82, 2.24) is 10.3 Å². The standard InChI is InChI=1S/C25H28N2O5/c1-3-15-30-21-5-7-22(8-6-21)31-18-24(28)27-17-19-13-14-26-25(16-19)32-23-11-9-20(10-12-23)29-4-2/h5-14,16H,3-4,15,17-18H2,1-2H3,(H,27,28). The third-order valence-electron chi connectivity index (χ3n) is 4.31. The van der Waals surface area contributed by atoms with E-state index in [1.165, 1.54) is 0 Å². The predicted octanol–water partition coefficient (Wildman–Crippen LogP) is 4.76. The van der Waals surface area contributed by atoms with Crippen molar-refractivity contribution in [3.8, 4) is 28.9 Å². The lowest BCUT2D eigenvalue weighted by atomic mass is 10.2. The van der Waals surface area contributed by atoms with Gasteiger partial charge in [0.05, 0.1) is 13.2 Å². The van der Waals surface area contributed by atoms with Crippen LogP contribution in [-0.4, -0.2) is 30.7 Å². The van der Waals surface area contributed by atoms with Crippen LogP contribution in [0.25, 0.3) is 0 Å². The van der Waals surface area contributed by atoms with E-state index in [0.29, 0.717) is 37.1 Å². The van der Waals surface area contributed by atoms with E-state index in [-0.39, 0.29) is 12.5 Å². The van der Waals surface area contributed by atoms with E-state index in [1.807, 2.05) is 49.4 Å². The summed E-state index contributed by atoms with van der Waals surface area (Å²) < 4.78 is 22.3. The fraction of sp³-hybridized carbons (Fsp3) is 0.280. The van der Waals surface area contributed by atoms with Gasteiger partial charge in [0.1, 0.15) is 23.0 Å². The average Bonchev–Trinajstić information content (AvgIpc) is 2.82. The van der Waals surface area contributed by atoms with E-state index < -0.39 is 0 Å². The number of hydrogen-bond acceptors (Lipinski definition) is 6. The lowest BCUT2D eigenvalue weighted by molar-refractivity contribution is -0.123. The molecule has 1 aromatic heterocycles. The lowest BCUT2D eigenvalue weighted by Gasteiger charge is -2.10. The highest BCUT2D eigenvalue weighted by Crippen LogP contribution is 2.23. The molecule has 1 N–H and O–H groups in total. The number of carbonyl (C=O) groups is 1. The first-order valence-electron chi connectivity index (χ1n) is 10.6. The lowest BCUT2D eigenvalue weighted by Crippen LogP contribution is -2.28. The molecule has 0 saturated heterocycles. The van der Waals surface area contributed by atoms with Crippen LogP contribution in [0, 0.1) is 0 Å². The zero-order valence-electron chi connectivity index (χ0n) is 18.4. The Morgan fingerprint density at radius 1 is 0.844 bits per heavy atom. The minimum Gasteiger partial charge on any atom is -0.494 e. The van der Waals surface area contributed by atoms with Gasteiger partial charge in [0.15, 0.2) is 6.61 Å². The van der Waals surface area contributed by atoms with Gasteiger partial charge in [-0.2, -0.15) is 0 Å². The van der Waals surface area contributed by atoms with Crippen LogP contribution in [-0.2, 0) is 11.3 Å². The molecule has 168 valence electrons. The van der Waals surface area contributed by atoms with Crippen LogP contribution >= 0.6 is 0 Å². The van der Waals surface area contributed by atoms with Crippen molar-refractivity contribution in [2.45, 2.75) is 26.8 Å². The van der Waals surface area contributed by atoms with E-state index in [0.717, 1.165) is 23.5 Å². The molecule has 0 aliphatic heterocycles. The zero-order chi connectivity index (χ0) is 22.6. The second-order valence-corrected chi connectivity index (χ2v) is 6.89. The molecule has 1 amide bonds. The summed E-state index contributed by atoms with van der Waals surface area (Å²) in [6.45, 7) is 5.54. The van der Waals surface area contributed by atoms with Crippen molar-refractivity contribution in [2.75, 3.05) is 19.8 Å². The quantitative estimate of drug-likeness (QED) is 0.441. The molecule has 32 heavy (non-hydrogen) atoms. The summed E-state index contributed by atoms with van der Waals surface area (Å²) in [5, 5.41) is 2.83. The summed E-state index contributed by atoms with van der Waals surface area (Å²) in [6.07, 6.45) is 2.59. The number of carbonyl (C=O) groups excluding carboxylic acids is 1. The first-order valence-corrected chi connectivity index (χ1v) is 10.6. The minimum absolute atomic E-state index is 0.0736. The van der Waals surface area contributed by atoms with E-state index in [9.17, 15) is 4.79 Å². The van der Waals surface area contributed by atoms with Crippen LogP contribution in [0.4, 0.5) is 0 Å². The van der Waals surface area contributed by atoms with Gasteiger partial charge < -0.3 is 24.3 Å². The van der Waals surface area contributed by atoms with Gasteiger partial charge in [-0.15, -0.1) is 0 Å². The van der Waals surface area contributed by atoms with E-state index >= 15 is 0 Å². The van der Waals surface area contributed by atoms with Gasteiger partial charge in [0, 0.05) is 18.8 Å². The van der Waals surface area contributed by atoms with Crippen molar-refractivity contribution in [1.29, 1.82) is 0 Å². The average molecular weight is 437 g/mol. The first kappa shape index (κ1) is 22.9. The maximum atomic E-state index is 12.1. The van der Waals surface area contributed by atoms with Gasteiger partial charge in [0.25, 0.3) is 5.91 Å². The summed E-state index contributed by atoms with van der Waals surface area (Å²) in [4.78, 5) is 16.4. The highest BCUT2D eigenvalue weighted by molar-refractivity contribution is 5.77. The van der Waals surface area contributed by atoms with Gasteiger partial charge in [-0.25, -0.2) is 4.98 Å². The molecule has 0 bridgehead atoms. The number of benzene rings is 2. The van der Waals surface area contributed by atoms with Crippen molar-refractivity contribution < 1.29 is 23.7 Å². The zero-order valence-corrected chi connectivity index (χ0v) is 18.4. The molecule has 0 saturated carbocycles. The van der Waals surface area contributed by atoms with Crippen LogP contribution in [0.15, 0.2) is 66.9 Å². The Morgan fingerprint density at radius 2 is 1.47 bits per heavy atom. The minimum atomic E-state index is -0.220. The summed E-state index contributed by atoms with van der Waals surface area (Å²) in [7, 11) is 0. The molecule has 0 atom stereocenters. The second kappa shape index (κ2) is 12.2. The third kappa shape index (κ3) is 7.50. The number of rotatable bonds is 12. The predicted molar refractivity (Wildman–Crippen MR) is 121 cm³/mol. The molecule has 2 aromatic carbocycles. The van der Waals surface area contributed by atoms with Gasteiger partial charge in [0.2, 0.25) is 5.88 Å². The first-order chi connectivity index (χ1) is 15.7. The van der Waals surface area contributed by atoms with Gasteiger partial charge >= 0.3 is 0 Å². The number of amides is 1. The Morgan fingerprint density at radius 3 is 2.12 bits per heavy atom. The number of ether oxygens (including phenoxy) is 4. The molecule has 0 spiro atoms. The summed E-state index contributed by atoms with van der Waals surface area (Å²) in [5.74, 6) is 3.06. The number of pyridine rings is 1. The number of nitrogens with zero attached hydrogens (tertiary/aromatic N) is 1. The van der Waals surface area contributed by atoms with Gasteiger partial charge in [-0.05, 0) is 73.5 Å². The smallest absolute Gasteiger partial charge is 0.258 e. The van der Waals surface area contributed by atoms with Crippen LogP contribution in [0.5, 0.6) is 28.9 Å². The molecular weight excluding hydrogens is 408 g/mol. The second-order valence-electron chi connectivity index (χ2n) is 6.89. The molecule has 0 unspecified atom stereocenters. The Kier molecular flexibility index (Phi) is 8.74. The highest BCUT2D eigenvalue weighted by atomic mass is 16.5. The Balaban J connectivity index is 1.44. The molecule has 0 fully saturated rings. The van der Waals surface area contributed by atoms with Gasteiger partial charge in [-0.3, -0.25) is 4.79 Å². The molecule has 0 radical (unpaired) electrons. The Hall–Kier alpha value is -3.74. The van der Waals surface area contributed by atoms with Crippen LogP contribution < -0.4 is 24.3 Å². The van der Waals surface area contributed by atoms with Crippen LogP contribution in [0.2, 0.25) is 0 Å². The fourth-order valence-corrected chi connectivity index (χ4v) is 2.76. The van der Waals surface area contributed by atoms with Crippen molar-refractivity contribution >= 4 is 5.91 Å². The van der Waals surface area contributed by atoms with E-state index in [2.05, 4.69) is 17.2 Å². The number of nitrogens with one attached hydrogen (secondary N) is 1. The molecule has 7 heteroatoms. The largest absolute Gasteiger partial charge is 0.494 e. The monoisotopic (exact) mass is 436 g/mol. The van der Waals surface area contributed by atoms with E-state index in [1.54, 1.807) is 24.4 Å². The van der Waals surface area contributed by atoms with Crippen molar-refractivity contribution in [3.05, 3.63) is 72.4 Å². The van der Waals surface area contributed by atoms with Crippen LogP contribution in [0.1, 0.15) is 25.8 Å². The number of aromatic nitrogens is 1. The fourth-order valence-electron chi connectivity index (χ4n) is 2.76. The molecule has 3 rings (SSSR count). The maximum Gasteiger partial charge on any atom is 0.258 e. The molecule has 0 aliphatic carbocycles. The maximum absolute atomic E-state index is 12.1. The molecule has 0 aliphatic rings. The Bertz CT molecular complexity index is 974. The SMILES string of the molecule is CCCOc1ccc(OCC(=O)NCc2ccnc(Oc3ccc(OCC)cc3)c2)cc1. The molecule has 1 heterocycles. The van der Waals surface area contributed by atoms with E-state index in [4.69, 9.17) is 18.9 Å². The highest BCUT2D eigenvalue weighted by Gasteiger charge is 2.06. The third-order valence-corrected chi connectivity index (χ3v) is 4.31. The topological polar surface area (TPSA) is 78.9 Å². The van der Waals surface area contributed by atoms with Crippen LogP contribution in [0.3, 0.4) is 0 Å². The molecular formula is C25H28N2O5. The van der Waals surface area contributed by atoms with Gasteiger partial charge in [-0.1, -0.05) is 6.92 Å². The van der Waals surface area contributed by atoms with Crippen molar-refractivity contribution in [3.63, 3.8) is 0 Å². The van der Waals surface area contributed by atoms with Crippen molar-refractivity contribution in [2.24, 2.45) is 0 Å². The summed E-state index contributed by atoms with van der Waals surface area (Å²) >= 11 is 0. The summed E-state index contributed by atoms with van der Waals surface area (Å²) in [6, 6.07) is 18.1. The Labute approximate surface area is 188 Å².